The van der Waals surface area contributed by atoms with Gasteiger partial charge in [0.1, 0.15) is 0 Å². The first kappa shape index (κ1) is 11.3. The lowest BCUT2D eigenvalue weighted by molar-refractivity contribution is 0.290. The fraction of sp³-hybridized carbons (Fsp3) is 0.462. The van der Waals surface area contributed by atoms with Gasteiger partial charge in [-0.15, -0.1) is 0 Å². The van der Waals surface area contributed by atoms with Crippen molar-refractivity contribution in [2.75, 3.05) is 0 Å². The molecule has 0 aromatic carbocycles. The molecule has 1 aliphatic rings. The van der Waals surface area contributed by atoms with E-state index in [4.69, 9.17) is 10.3 Å². The van der Waals surface area contributed by atoms with Gasteiger partial charge in [0.2, 0.25) is 11.7 Å². The van der Waals surface area contributed by atoms with Crippen LogP contribution in [0.4, 0.5) is 0 Å². The molecule has 0 aliphatic heterocycles. The number of pyridine rings is 1. The highest BCUT2D eigenvalue weighted by Crippen LogP contribution is 2.31. The fourth-order valence-corrected chi connectivity index (χ4v) is 2.46. The summed E-state index contributed by atoms with van der Waals surface area (Å²) in [5.41, 5.74) is 6.99. The minimum atomic E-state index is 0.140. The van der Waals surface area contributed by atoms with Crippen molar-refractivity contribution in [3.05, 3.63) is 30.4 Å². The highest BCUT2D eigenvalue weighted by atomic mass is 16.5. The molecule has 2 N–H and O–H groups in total. The van der Waals surface area contributed by atoms with Gasteiger partial charge >= 0.3 is 0 Å². The molecule has 2 atom stereocenters. The lowest BCUT2D eigenvalue weighted by atomic mass is 9.85. The first-order chi connectivity index (χ1) is 8.84. The second-order valence-electron chi connectivity index (χ2n) is 4.75. The van der Waals surface area contributed by atoms with E-state index in [1.807, 2.05) is 12.1 Å². The van der Waals surface area contributed by atoms with Crippen LogP contribution in [0.1, 0.15) is 37.5 Å². The zero-order chi connectivity index (χ0) is 12.4. The third kappa shape index (κ3) is 2.13. The fourth-order valence-electron chi connectivity index (χ4n) is 2.46. The van der Waals surface area contributed by atoms with Crippen molar-refractivity contribution in [2.45, 2.75) is 37.6 Å². The monoisotopic (exact) mass is 244 g/mol. The third-order valence-corrected chi connectivity index (χ3v) is 3.50. The van der Waals surface area contributed by atoms with Gasteiger partial charge in [-0.1, -0.05) is 18.0 Å². The van der Waals surface area contributed by atoms with Crippen LogP contribution >= 0.6 is 0 Å². The minimum absolute atomic E-state index is 0.140. The highest BCUT2D eigenvalue weighted by molar-refractivity contribution is 5.51. The van der Waals surface area contributed by atoms with Gasteiger partial charge < -0.3 is 10.3 Å². The van der Waals surface area contributed by atoms with Crippen LogP contribution in [-0.2, 0) is 0 Å². The standard InChI is InChI=1S/C13H16N4O/c14-11-6-2-1-5-10(11)13-16-12(17-18-13)9-4-3-7-15-8-9/h3-4,7-8,10-11H,1-2,5-6,14H2. The van der Waals surface area contributed by atoms with Crippen LogP contribution in [0, 0.1) is 0 Å². The van der Waals surface area contributed by atoms with Crippen molar-refractivity contribution in [3.8, 4) is 11.4 Å². The van der Waals surface area contributed by atoms with E-state index in [9.17, 15) is 0 Å². The van der Waals surface area contributed by atoms with Crippen LogP contribution in [-0.4, -0.2) is 21.2 Å². The molecule has 0 bridgehead atoms. The Hall–Kier alpha value is -1.75. The molecule has 1 aliphatic carbocycles. The van der Waals surface area contributed by atoms with Crippen molar-refractivity contribution in [2.24, 2.45) is 5.73 Å². The summed E-state index contributed by atoms with van der Waals surface area (Å²) in [4.78, 5) is 8.51. The summed E-state index contributed by atoms with van der Waals surface area (Å²) < 4.78 is 5.36. The van der Waals surface area contributed by atoms with E-state index in [2.05, 4.69) is 15.1 Å². The Kier molecular flexibility index (Phi) is 3.06. The SMILES string of the molecule is NC1CCCCC1c1nc(-c2cccnc2)no1. The quantitative estimate of drug-likeness (QED) is 0.875. The van der Waals surface area contributed by atoms with E-state index in [1.165, 1.54) is 12.8 Å². The van der Waals surface area contributed by atoms with Crippen LogP contribution < -0.4 is 5.73 Å². The minimum Gasteiger partial charge on any atom is -0.339 e. The van der Waals surface area contributed by atoms with Gasteiger partial charge in [0.05, 0.1) is 5.92 Å². The number of aromatic nitrogens is 3. The predicted octanol–water partition coefficient (Wildman–Crippen LogP) is 2.12. The van der Waals surface area contributed by atoms with Crippen LogP contribution in [0.3, 0.4) is 0 Å². The molecule has 1 saturated carbocycles. The van der Waals surface area contributed by atoms with Crippen molar-refractivity contribution in [3.63, 3.8) is 0 Å². The van der Waals surface area contributed by atoms with Gasteiger partial charge in [-0.05, 0) is 25.0 Å². The molecule has 5 heteroatoms. The summed E-state index contributed by atoms with van der Waals surface area (Å²) in [5, 5.41) is 4.01. The molecular formula is C13H16N4O. The Bertz CT molecular complexity index is 511. The Labute approximate surface area is 105 Å². The Morgan fingerprint density at radius 1 is 1.28 bits per heavy atom. The Balaban J connectivity index is 1.85. The third-order valence-electron chi connectivity index (χ3n) is 3.50. The maximum atomic E-state index is 6.12. The summed E-state index contributed by atoms with van der Waals surface area (Å²) in [6.07, 6.45) is 7.91. The van der Waals surface area contributed by atoms with Crippen molar-refractivity contribution < 1.29 is 4.52 Å². The van der Waals surface area contributed by atoms with E-state index in [0.29, 0.717) is 11.7 Å². The van der Waals surface area contributed by atoms with Crippen molar-refractivity contribution >= 4 is 0 Å². The number of nitrogens with zero attached hydrogens (tertiary/aromatic N) is 3. The summed E-state index contributed by atoms with van der Waals surface area (Å²) in [6, 6.07) is 3.92. The summed E-state index contributed by atoms with van der Waals surface area (Å²) >= 11 is 0. The average molecular weight is 244 g/mol. The molecule has 5 nitrogen and oxygen atoms in total. The number of hydrogen-bond donors (Lipinski definition) is 1. The lowest BCUT2D eigenvalue weighted by Crippen LogP contribution is -2.31. The molecule has 18 heavy (non-hydrogen) atoms. The molecule has 0 saturated heterocycles. The number of rotatable bonds is 2. The molecule has 2 heterocycles. The van der Waals surface area contributed by atoms with Crippen molar-refractivity contribution in [1.82, 2.24) is 15.1 Å². The maximum Gasteiger partial charge on any atom is 0.231 e. The first-order valence-corrected chi connectivity index (χ1v) is 6.34. The Morgan fingerprint density at radius 2 is 2.17 bits per heavy atom. The maximum absolute atomic E-state index is 6.12. The van der Waals surface area contributed by atoms with Gasteiger partial charge in [0.15, 0.2) is 0 Å². The summed E-state index contributed by atoms with van der Waals surface area (Å²) in [7, 11) is 0. The van der Waals surface area contributed by atoms with Crippen LogP contribution in [0.5, 0.6) is 0 Å². The smallest absolute Gasteiger partial charge is 0.231 e. The molecule has 2 unspecified atom stereocenters. The second-order valence-corrected chi connectivity index (χ2v) is 4.75. The predicted molar refractivity (Wildman–Crippen MR) is 66.7 cm³/mol. The molecular weight excluding hydrogens is 228 g/mol. The topological polar surface area (TPSA) is 77.8 Å². The second kappa shape index (κ2) is 4.86. The molecule has 0 radical (unpaired) electrons. The van der Waals surface area contributed by atoms with Gasteiger partial charge in [0.25, 0.3) is 0 Å². The molecule has 94 valence electrons. The van der Waals surface area contributed by atoms with Gasteiger partial charge in [-0.2, -0.15) is 4.98 Å². The van der Waals surface area contributed by atoms with Gasteiger partial charge in [-0.3, -0.25) is 4.98 Å². The molecule has 1 fully saturated rings. The van der Waals surface area contributed by atoms with Gasteiger partial charge in [-0.25, -0.2) is 0 Å². The average Bonchev–Trinajstić information content (AvgIpc) is 2.90. The highest BCUT2D eigenvalue weighted by Gasteiger charge is 2.28. The van der Waals surface area contributed by atoms with Crippen LogP contribution in [0.25, 0.3) is 11.4 Å². The molecule has 3 rings (SSSR count). The number of nitrogens with two attached hydrogens (primary N) is 1. The molecule has 0 amide bonds. The Morgan fingerprint density at radius 3 is 2.94 bits per heavy atom. The van der Waals surface area contributed by atoms with Crippen LogP contribution in [0.2, 0.25) is 0 Å². The van der Waals surface area contributed by atoms with E-state index in [0.717, 1.165) is 18.4 Å². The van der Waals surface area contributed by atoms with E-state index in [-0.39, 0.29) is 12.0 Å². The van der Waals surface area contributed by atoms with Crippen LogP contribution in [0.15, 0.2) is 29.0 Å². The van der Waals surface area contributed by atoms with E-state index in [1.54, 1.807) is 12.4 Å². The zero-order valence-electron chi connectivity index (χ0n) is 10.1. The van der Waals surface area contributed by atoms with E-state index < -0.39 is 0 Å². The number of hydrogen-bond acceptors (Lipinski definition) is 5. The summed E-state index contributed by atoms with van der Waals surface area (Å²) in [5.74, 6) is 1.47. The molecule has 2 aromatic heterocycles. The normalized spacial score (nSPS) is 24.1. The van der Waals surface area contributed by atoms with E-state index >= 15 is 0 Å². The zero-order valence-corrected chi connectivity index (χ0v) is 10.1. The van der Waals surface area contributed by atoms with Gasteiger partial charge in [0, 0.05) is 24.0 Å². The molecule has 2 aromatic rings. The molecule has 0 spiro atoms. The first-order valence-electron chi connectivity index (χ1n) is 6.34. The largest absolute Gasteiger partial charge is 0.339 e. The lowest BCUT2D eigenvalue weighted by Gasteiger charge is -2.25. The summed E-state index contributed by atoms with van der Waals surface area (Å²) in [6.45, 7) is 0. The van der Waals surface area contributed by atoms with Crippen molar-refractivity contribution in [1.29, 1.82) is 0 Å².